The van der Waals surface area contributed by atoms with Crippen LogP contribution in [0.5, 0.6) is 17.2 Å². The molecule has 0 aliphatic rings. The zero-order chi connectivity index (χ0) is 19.8. The van der Waals surface area contributed by atoms with Crippen LogP contribution in [-0.2, 0) is 13.1 Å². The van der Waals surface area contributed by atoms with E-state index in [9.17, 15) is 0 Å². The van der Waals surface area contributed by atoms with Gasteiger partial charge in [0.15, 0.2) is 23.2 Å². The van der Waals surface area contributed by atoms with Crippen molar-refractivity contribution in [2.75, 3.05) is 28.4 Å². The monoisotopic (exact) mass is 376 g/mol. The topological polar surface area (TPSA) is 90.1 Å². The van der Waals surface area contributed by atoms with E-state index >= 15 is 0 Å². The van der Waals surface area contributed by atoms with Crippen molar-refractivity contribution in [2.24, 2.45) is 4.99 Å². The summed E-state index contributed by atoms with van der Waals surface area (Å²) < 4.78 is 21.4. The molecule has 0 saturated heterocycles. The third-order valence-corrected chi connectivity index (χ3v) is 4.01. The van der Waals surface area contributed by atoms with Crippen LogP contribution in [0.25, 0.3) is 0 Å². The van der Waals surface area contributed by atoms with Crippen LogP contribution in [0, 0.1) is 0 Å². The van der Waals surface area contributed by atoms with E-state index in [4.69, 9.17) is 18.7 Å². The van der Waals surface area contributed by atoms with Crippen LogP contribution >= 0.6 is 0 Å². The number of hydrogen-bond acceptors (Lipinski definition) is 6. The van der Waals surface area contributed by atoms with E-state index in [-0.39, 0.29) is 0 Å². The van der Waals surface area contributed by atoms with Gasteiger partial charge in [0, 0.05) is 19.7 Å². The highest BCUT2D eigenvalue weighted by Crippen LogP contribution is 2.38. The Kier molecular flexibility index (Phi) is 7.34. The number of ether oxygens (including phenoxy) is 3. The molecule has 0 amide bonds. The number of aromatic nitrogens is 1. The maximum absolute atomic E-state index is 5.38. The third kappa shape index (κ3) is 5.29. The molecule has 8 heteroatoms. The van der Waals surface area contributed by atoms with Crippen molar-refractivity contribution < 1.29 is 18.7 Å². The fourth-order valence-corrected chi connectivity index (χ4v) is 2.50. The normalized spacial score (nSPS) is 11.4. The summed E-state index contributed by atoms with van der Waals surface area (Å²) in [5.74, 6) is 3.53. The van der Waals surface area contributed by atoms with Crippen molar-refractivity contribution in [3.05, 3.63) is 35.2 Å². The van der Waals surface area contributed by atoms with E-state index in [2.05, 4.69) is 34.6 Å². The van der Waals surface area contributed by atoms with Crippen molar-refractivity contribution in [3.63, 3.8) is 0 Å². The average Bonchev–Trinajstić information content (AvgIpc) is 3.16. The lowest BCUT2D eigenvalue weighted by Gasteiger charge is -2.15. The Labute approximate surface area is 159 Å². The van der Waals surface area contributed by atoms with Gasteiger partial charge in [-0.1, -0.05) is 19.0 Å². The van der Waals surface area contributed by atoms with Gasteiger partial charge in [0.1, 0.15) is 0 Å². The first-order valence-electron chi connectivity index (χ1n) is 8.71. The van der Waals surface area contributed by atoms with E-state index in [1.165, 1.54) is 0 Å². The van der Waals surface area contributed by atoms with Crippen molar-refractivity contribution in [3.8, 4) is 17.2 Å². The standard InChI is InChI=1S/C19H28N4O4/c1-12(2)15-9-14(27-23-15)11-22-19(20-3)21-10-13-7-16(24-4)18(26-6)17(8-13)25-5/h7-9,12H,10-11H2,1-6H3,(H2,20,21,22). The molecule has 0 unspecified atom stereocenters. The van der Waals surface area contributed by atoms with Crippen molar-refractivity contribution in [1.82, 2.24) is 15.8 Å². The molecule has 0 saturated carbocycles. The van der Waals surface area contributed by atoms with Gasteiger partial charge in [-0.3, -0.25) is 4.99 Å². The van der Waals surface area contributed by atoms with E-state index in [1.54, 1.807) is 28.4 Å². The van der Waals surface area contributed by atoms with Crippen LogP contribution in [0.2, 0.25) is 0 Å². The lowest BCUT2D eigenvalue weighted by Crippen LogP contribution is -2.36. The average molecular weight is 376 g/mol. The zero-order valence-corrected chi connectivity index (χ0v) is 16.8. The maximum atomic E-state index is 5.38. The van der Waals surface area contributed by atoms with Gasteiger partial charge in [-0.05, 0) is 23.6 Å². The largest absolute Gasteiger partial charge is 0.493 e. The highest BCUT2D eigenvalue weighted by Gasteiger charge is 2.13. The second kappa shape index (κ2) is 9.70. The van der Waals surface area contributed by atoms with Crippen LogP contribution in [0.15, 0.2) is 27.7 Å². The van der Waals surface area contributed by atoms with E-state index in [0.29, 0.717) is 42.2 Å². The van der Waals surface area contributed by atoms with Crippen molar-refractivity contribution >= 4 is 5.96 Å². The van der Waals surface area contributed by atoms with E-state index in [1.807, 2.05) is 18.2 Å². The molecule has 0 bridgehead atoms. The van der Waals surface area contributed by atoms with Crippen molar-refractivity contribution in [2.45, 2.75) is 32.9 Å². The van der Waals surface area contributed by atoms with Crippen LogP contribution < -0.4 is 24.8 Å². The second-order valence-corrected chi connectivity index (χ2v) is 6.19. The molecule has 148 valence electrons. The number of hydrogen-bond donors (Lipinski definition) is 2. The molecule has 2 rings (SSSR count). The number of methoxy groups -OCH3 is 3. The summed E-state index contributed by atoms with van der Waals surface area (Å²) in [5, 5.41) is 10.5. The SMILES string of the molecule is CN=C(NCc1cc(OC)c(OC)c(OC)c1)NCc1cc(C(C)C)no1. The minimum absolute atomic E-state index is 0.333. The van der Waals surface area contributed by atoms with Crippen LogP contribution in [0.4, 0.5) is 0 Å². The minimum atomic E-state index is 0.333. The van der Waals surface area contributed by atoms with Gasteiger partial charge in [-0.15, -0.1) is 0 Å². The molecule has 2 aromatic rings. The van der Waals surface area contributed by atoms with Gasteiger partial charge in [0.25, 0.3) is 0 Å². The molecule has 0 radical (unpaired) electrons. The smallest absolute Gasteiger partial charge is 0.203 e. The molecule has 1 heterocycles. The first-order chi connectivity index (χ1) is 13.0. The number of nitrogens with zero attached hydrogens (tertiary/aromatic N) is 2. The Hall–Kier alpha value is -2.90. The van der Waals surface area contributed by atoms with Gasteiger partial charge in [-0.25, -0.2) is 0 Å². The van der Waals surface area contributed by atoms with E-state index < -0.39 is 0 Å². The van der Waals surface area contributed by atoms with Gasteiger partial charge in [0.05, 0.1) is 33.6 Å². The predicted molar refractivity (Wildman–Crippen MR) is 104 cm³/mol. The van der Waals surface area contributed by atoms with Gasteiger partial charge in [0.2, 0.25) is 5.75 Å². The molecule has 0 fully saturated rings. The van der Waals surface area contributed by atoms with Crippen molar-refractivity contribution in [1.29, 1.82) is 0 Å². The summed E-state index contributed by atoms with van der Waals surface area (Å²) in [6.07, 6.45) is 0. The second-order valence-electron chi connectivity index (χ2n) is 6.19. The summed E-state index contributed by atoms with van der Waals surface area (Å²) in [6, 6.07) is 5.74. The highest BCUT2D eigenvalue weighted by molar-refractivity contribution is 5.79. The molecule has 8 nitrogen and oxygen atoms in total. The molecule has 0 atom stereocenters. The first kappa shape index (κ1) is 20.4. The fraction of sp³-hybridized carbons (Fsp3) is 0.474. The number of aliphatic imine (C=N–C) groups is 1. The Bertz CT molecular complexity index is 746. The summed E-state index contributed by atoms with van der Waals surface area (Å²) in [7, 11) is 6.48. The van der Waals surface area contributed by atoms with Gasteiger partial charge in [-0.2, -0.15) is 0 Å². The molecule has 1 aromatic heterocycles. The zero-order valence-electron chi connectivity index (χ0n) is 16.8. The Morgan fingerprint density at radius 1 is 1.04 bits per heavy atom. The highest BCUT2D eigenvalue weighted by atomic mass is 16.5. The third-order valence-electron chi connectivity index (χ3n) is 4.01. The maximum Gasteiger partial charge on any atom is 0.203 e. The molecule has 1 aromatic carbocycles. The molecule has 0 aliphatic heterocycles. The van der Waals surface area contributed by atoms with Gasteiger partial charge >= 0.3 is 0 Å². The Morgan fingerprint density at radius 3 is 2.15 bits per heavy atom. The Morgan fingerprint density at radius 2 is 1.67 bits per heavy atom. The molecule has 0 spiro atoms. The summed E-state index contributed by atoms with van der Waals surface area (Å²) in [6.45, 7) is 5.18. The number of nitrogens with one attached hydrogen (secondary N) is 2. The first-order valence-corrected chi connectivity index (χ1v) is 8.71. The quantitative estimate of drug-likeness (QED) is 0.541. The lowest BCUT2D eigenvalue weighted by atomic mass is 10.1. The fourth-order valence-electron chi connectivity index (χ4n) is 2.50. The number of benzene rings is 1. The van der Waals surface area contributed by atoms with Crippen LogP contribution in [-0.4, -0.2) is 39.5 Å². The number of rotatable bonds is 8. The van der Waals surface area contributed by atoms with Crippen LogP contribution in [0.1, 0.15) is 36.8 Å². The molecular weight excluding hydrogens is 348 g/mol. The molecule has 27 heavy (non-hydrogen) atoms. The molecule has 0 aliphatic carbocycles. The lowest BCUT2D eigenvalue weighted by molar-refractivity contribution is 0.323. The Balaban J connectivity index is 1.99. The molecular formula is C19H28N4O4. The number of guanidine groups is 1. The van der Waals surface area contributed by atoms with Gasteiger partial charge < -0.3 is 29.4 Å². The molecule has 2 N–H and O–H groups in total. The van der Waals surface area contributed by atoms with E-state index in [0.717, 1.165) is 17.0 Å². The predicted octanol–water partition coefficient (Wildman–Crippen LogP) is 2.69. The minimum Gasteiger partial charge on any atom is -0.493 e. The summed E-state index contributed by atoms with van der Waals surface area (Å²) >= 11 is 0. The summed E-state index contributed by atoms with van der Waals surface area (Å²) in [4.78, 5) is 4.22. The summed E-state index contributed by atoms with van der Waals surface area (Å²) in [5.41, 5.74) is 1.90. The van der Waals surface area contributed by atoms with Crippen LogP contribution in [0.3, 0.4) is 0 Å².